The third kappa shape index (κ3) is 4.21. The summed E-state index contributed by atoms with van der Waals surface area (Å²) in [6.45, 7) is 5.96. The van der Waals surface area contributed by atoms with Crippen molar-refractivity contribution in [2.24, 2.45) is 0 Å². The summed E-state index contributed by atoms with van der Waals surface area (Å²) in [5.41, 5.74) is 2.96. The number of nitrogens with zero attached hydrogens (tertiary/aromatic N) is 7. The van der Waals surface area contributed by atoms with Crippen LogP contribution in [0.3, 0.4) is 0 Å². The first-order valence-electron chi connectivity index (χ1n) is 11.5. The van der Waals surface area contributed by atoms with E-state index >= 15 is 0 Å². The van der Waals surface area contributed by atoms with E-state index in [1.165, 1.54) is 16.9 Å². The average molecular weight is 460 g/mol. The summed E-state index contributed by atoms with van der Waals surface area (Å²) in [7, 11) is 0. The van der Waals surface area contributed by atoms with Gasteiger partial charge >= 0.3 is 0 Å². The van der Waals surface area contributed by atoms with Crippen LogP contribution >= 0.6 is 0 Å². The van der Waals surface area contributed by atoms with Gasteiger partial charge in [-0.05, 0) is 50.1 Å². The van der Waals surface area contributed by atoms with E-state index in [-0.39, 0.29) is 17.8 Å². The molecule has 0 spiro atoms. The highest BCUT2D eigenvalue weighted by molar-refractivity contribution is 5.98. The fourth-order valence-corrected chi connectivity index (χ4v) is 4.51. The number of aromatic nitrogens is 5. The summed E-state index contributed by atoms with van der Waals surface area (Å²) in [4.78, 5) is 28.5. The van der Waals surface area contributed by atoms with Gasteiger partial charge < -0.3 is 9.80 Å². The van der Waals surface area contributed by atoms with Crippen LogP contribution in [0, 0.1) is 12.7 Å². The number of carbonyl (C=O) groups excluding carboxylic acids is 1. The average Bonchev–Trinajstić information content (AvgIpc) is 3.29. The van der Waals surface area contributed by atoms with Crippen LogP contribution in [0.1, 0.15) is 35.7 Å². The van der Waals surface area contributed by atoms with Gasteiger partial charge in [-0.3, -0.25) is 4.79 Å². The largest absolute Gasteiger partial charge is 0.339 e. The Morgan fingerprint density at radius 3 is 2.71 bits per heavy atom. The molecule has 3 heterocycles. The van der Waals surface area contributed by atoms with E-state index in [1.807, 2.05) is 30.0 Å². The Labute approximate surface area is 197 Å². The molecule has 1 amide bonds. The summed E-state index contributed by atoms with van der Waals surface area (Å²) >= 11 is 0. The quantitative estimate of drug-likeness (QED) is 0.462. The Morgan fingerprint density at radius 2 is 1.91 bits per heavy atom. The molecule has 0 bridgehead atoms. The lowest BCUT2D eigenvalue weighted by Gasteiger charge is -2.29. The third-order valence-corrected chi connectivity index (χ3v) is 6.34. The number of carbonyl (C=O) groups is 1. The van der Waals surface area contributed by atoms with Crippen molar-refractivity contribution in [3.63, 3.8) is 0 Å². The fraction of sp³-hybridized carbons (Fsp3) is 0.320. The molecule has 4 aromatic rings. The van der Waals surface area contributed by atoms with Crippen LogP contribution in [0.25, 0.3) is 16.6 Å². The first kappa shape index (κ1) is 21.9. The van der Waals surface area contributed by atoms with Crippen LogP contribution in [0.5, 0.6) is 0 Å². The number of hydrogen-bond donors (Lipinski definition) is 0. The van der Waals surface area contributed by atoms with E-state index < -0.39 is 0 Å². The molecule has 1 saturated heterocycles. The van der Waals surface area contributed by atoms with Crippen LogP contribution in [-0.2, 0) is 0 Å². The smallest absolute Gasteiger partial charge is 0.256 e. The molecular weight excluding hydrogens is 433 g/mol. The van der Waals surface area contributed by atoms with Crippen LogP contribution in [0.2, 0.25) is 0 Å². The maximum atomic E-state index is 13.8. The second kappa shape index (κ2) is 9.17. The Kier molecular flexibility index (Phi) is 5.91. The fourth-order valence-electron chi connectivity index (χ4n) is 4.51. The lowest BCUT2D eigenvalue weighted by molar-refractivity contribution is 0.0685. The molecule has 0 radical (unpaired) electrons. The number of rotatable bonds is 4. The Bertz CT molecular complexity index is 1320. The first-order chi connectivity index (χ1) is 16.5. The van der Waals surface area contributed by atoms with Crippen molar-refractivity contribution in [2.45, 2.75) is 32.7 Å². The molecular formula is C25H26FN7O. The van der Waals surface area contributed by atoms with Gasteiger partial charge in [-0.25, -0.2) is 14.4 Å². The van der Waals surface area contributed by atoms with E-state index in [0.29, 0.717) is 41.2 Å². The summed E-state index contributed by atoms with van der Waals surface area (Å²) in [5.74, 6) is 0.263. The molecule has 0 aliphatic carbocycles. The number of aryl methyl sites for hydroxylation is 1. The van der Waals surface area contributed by atoms with Gasteiger partial charge in [0, 0.05) is 37.3 Å². The lowest BCUT2D eigenvalue weighted by atomic mass is 10.0. The Balaban J connectivity index is 1.42. The van der Waals surface area contributed by atoms with Crippen LogP contribution in [0.4, 0.5) is 10.3 Å². The predicted octanol–water partition coefficient (Wildman–Crippen LogP) is 3.79. The van der Waals surface area contributed by atoms with Crippen molar-refractivity contribution in [2.75, 3.05) is 24.5 Å². The molecule has 5 rings (SSSR count). The van der Waals surface area contributed by atoms with Gasteiger partial charge in [0.15, 0.2) is 0 Å². The van der Waals surface area contributed by atoms with E-state index in [4.69, 9.17) is 0 Å². The monoisotopic (exact) mass is 459 g/mol. The molecule has 9 heteroatoms. The molecule has 34 heavy (non-hydrogen) atoms. The molecule has 174 valence electrons. The second-order valence-electron chi connectivity index (χ2n) is 8.55. The van der Waals surface area contributed by atoms with Crippen molar-refractivity contribution >= 4 is 22.8 Å². The van der Waals surface area contributed by atoms with Gasteiger partial charge in [0.05, 0.1) is 29.2 Å². The summed E-state index contributed by atoms with van der Waals surface area (Å²) < 4.78 is 13.5. The zero-order valence-electron chi connectivity index (χ0n) is 19.2. The van der Waals surface area contributed by atoms with Crippen molar-refractivity contribution in [1.29, 1.82) is 0 Å². The van der Waals surface area contributed by atoms with E-state index in [2.05, 4.69) is 32.0 Å². The number of anilines is 1. The molecule has 0 N–H and O–H groups in total. The SMILES string of the molecule is CC[C@@H]1CCN(c2ncc3cc(F)ccc3n2)CCN1C(=O)c1cc(C)ccc1-n1nccn1. The third-order valence-electron chi connectivity index (χ3n) is 6.34. The molecule has 1 aliphatic heterocycles. The number of hydrogen-bond acceptors (Lipinski definition) is 6. The molecule has 2 aromatic carbocycles. The predicted molar refractivity (Wildman–Crippen MR) is 128 cm³/mol. The zero-order valence-corrected chi connectivity index (χ0v) is 19.2. The van der Waals surface area contributed by atoms with Crippen LogP contribution < -0.4 is 4.90 Å². The van der Waals surface area contributed by atoms with Gasteiger partial charge in [-0.1, -0.05) is 18.6 Å². The molecule has 0 saturated carbocycles. The number of amides is 1. The standard InChI is InChI=1S/C25H26FN7O/c1-3-20-8-11-31(25-27-16-18-15-19(26)5-6-22(18)30-25)12-13-32(20)24(34)21-14-17(2)4-7-23(21)33-28-9-10-29-33/h4-7,9-10,14-16,20H,3,8,11-13H2,1-2H3/t20-/m1/s1. The maximum Gasteiger partial charge on any atom is 0.256 e. The number of halogens is 1. The normalized spacial score (nSPS) is 16.6. The van der Waals surface area contributed by atoms with Gasteiger partial charge in [-0.15, -0.1) is 0 Å². The lowest BCUT2D eigenvalue weighted by Crippen LogP contribution is -2.41. The summed E-state index contributed by atoms with van der Waals surface area (Å²) in [6.07, 6.45) is 6.50. The topological polar surface area (TPSA) is 80.0 Å². The molecule has 1 aliphatic rings. The first-order valence-corrected chi connectivity index (χ1v) is 11.5. The van der Waals surface area contributed by atoms with Crippen molar-refractivity contribution in [3.8, 4) is 5.69 Å². The minimum absolute atomic E-state index is 0.0281. The van der Waals surface area contributed by atoms with Crippen molar-refractivity contribution in [1.82, 2.24) is 29.9 Å². The van der Waals surface area contributed by atoms with E-state index in [1.54, 1.807) is 24.7 Å². The summed E-state index contributed by atoms with van der Waals surface area (Å²) in [6, 6.07) is 10.3. The molecule has 2 aromatic heterocycles. The summed E-state index contributed by atoms with van der Waals surface area (Å²) in [5, 5.41) is 9.13. The maximum absolute atomic E-state index is 13.8. The van der Waals surface area contributed by atoms with Crippen LogP contribution in [0.15, 0.2) is 55.0 Å². The Morgan fingerprint density at radius 1 is 1.09 bits per heavy atom. The van der Waals surface area contributed by atoms with Gasteiger partial charge in [0.25, 0.3) is 5.91 Å². The van der Waals surface area contributed by atoms with Gasteiger partial charge in [0.2, 0.25) is 5.95 Å². The highest BCUT2D eigenvalue weighted by atomic mass is 19.1. The van der Waals surface area contributed by atoms with Crippen molar-refractivity contribution < 1.29 is 9.18 Å². The molecule has 1 fully saturated rings. The number of fused-ring (bicyclic) bond motifs is 1. The minimum atomic E-state index is -0.306. The minimum Gasteiger partial charge on any atom is -0.339 e. The Hall–Kier alpha value is -3.88. The van der Waals surface area contributed by atoms with Gasteiger partial charge in [-0.2, -0.15) is 15.0 Å². The number of benzene rings is 2. The highest BCUT2D eigenvalue weighted by Crippen LogP contribution is 2.24. The van der Waals surface area contributed by atoms with Gasteiger partial charge in [0.1, 0.15) is 5.82 Å². The molecule has 8 nitrogen and oxygen atoms in total. The van der Waals surface area contributed by atoms with Crippen molar-refractivity contribution in [3.05, 3.63) is 71.9 Å². The molecule has 0 unspecified atom stereocenters. The zero-order chi connectivity index (χ0) is 23.7. The highest BCUT2D eigenvalue weighted by Gasteiger charge is 2.30. The van der Waals surface area contributed by atoms with E-state index in [9.17, 15) is 9.18 Å². The molecule has 1 atom stereocenters. The second-order valence-corrected chi connectivity index (χ2v) is 8.55. The van der Waals surface area contributed by atoms with E-state index in [0.717, 1.165) is 24.9 Å². The van der Waals surface area contributed by atoms with Crippen LogP contribution in [-0.4, -0.2) is 61.4 Å².